The number of halogens is 1. The van der Waals surface area contributed by atoms with Gasteiger partial charge in [0.1, 0.15) is 12.4 Å². The van der Waals surface area contributed by atoms with E-state index in [-0.39, 0.29) is 0 Å². The lowest BCUT2D eigenvalue weighted by molar-refractivity contribution is -0.148. The van der Waals surface area contributed by atoms with Gasteiger partial charge in [-0.3, -0.25) is 4.79 Å². The molecule has 0 heterocycles. The van der Waals surface area contributed by atoms with Crippen molar-refractivity contribution in [2.75, 3.05) is 11.9 Å². The van der Waals surface area contributed by atoms with Gasteiger partial charge in [0.15, 0.2) is 6.10 Å². The van der Waals surface area contributed by atoms with Crippen molar-refractivity contribution < 1.29 is 19.1 Å². The summed E-state index contributed by atoms with van der Waals surface area (Å²) >= 11 is 5.87. The van der Waals surface area contributed by atoms with Gasteiger partial charge in [-0.25, -0.2) is 4.79 Å². The molecule has 5 nitrogen and oxygen atoms in total. The second kappa shape index (κ2) is 10.2. The monoisotopic (exact) mass is 385 g/mol. The summed E-state index contributed by atoms with van der Waals surface area (Å²) in [5, 5.41) is 3.14. The standard InChI is InChI=1S/C21H20ClNO4/c1-3-13-26-19-10-7-16(8-11-19)9-12-20(24)27-15(2)21(25)23-18-6-4-5-17(22)14-18/h3-12,14-15H,1,13H2,2H3,(H,23,25)/b12-9+/t15-/m0/s1. The van der Waals surface area contributed by atoms with Crippen LogP contribution in [0.15, 0.2) is 67.3 Å². The van der Waals surface area contributed by atoms with Crippen molar-refractivity contribution >= 4 is 35.2 Å². The first-order chi connectivity index (χ1) is 13.0. The molecule has 0 aliphatic rings. The van der Waals surface area contributed by atoms with E-state index in [9.17, 15) is 9.59 Å². The number of nitrogens with one attached hydrogen (secondary N) is 1. The molecular formula is C21H20ClNO4. The van der Waals surface area contributed by atoms with E-state index in [4.69, 9.17) is 21.1 Å². The van der Waals surface area contributed by atoms with Crippen molar-refractivity contribution in [2.45, 2.75) is 13.0 Å². The summed E-state index contributed by atoms with van der Waals surface area (Å²) in [6, 6.07) is 13.9. The Labute approximate surface area is 163 Å². The lowest BCUT2D eigenvalue weighted by Crippen LogP contribution is -2.29. The maximum absolute atomic E-state index is 12.1. The summed E-state index contributed by atoms with van der Waals surface area (Å²) in [6.07, 6.45) is 3.58. The Morgan fingerprint density at radius 3 is 2.63 bits per heavy atom. The number of amides is 1. The fraction of sp³-hybridized carbons (Fsp3) is 0.143. The smallest absolute Gasteiger partial charge is 0.331 e. The predicted molar refractivity (Wildman–Crippen MR) is 107 cm³/mol. The molecule has 0 spiro atoms. The molecule has 0 unspecified atom stereocenters. The van der Waals surface area contributed by atoms with Crippen molar-refractivity contribution in [1.82, 2.24) is 0 Å². The second-order valence-corrected chi connectivity index (χ2v) is 6.02. The van der Waals surface area contributed by atoms with Gasteiger partial charge in [-0.1, -0.05) is 42.5 Å². The minimum Gasteiger partial charge on any atom is -0.490 e. The molecule has 2 aromatic rings. The molecule has 27 heavy (non-hydrogen) atoms. The number of hydrogen-bond acceptors (Lipinski definition) is 4. The third-order valence-electron chi connectivity index (χ3n) is 3.41. The van der Waals surface area contributed by atoms with E-state index in [0.717, 1.165) is 5.56 Å². The third kappa shape index (κ3) is 6.99. The molecule has 0 aliphatic heterocycles. The van der Waals surface area contributed by atoms with Crippen molar-refractivity contribution in [3.05, 3.63) is 77.8 Å². The predicted octanol–water partition coefficient (Wildman–Crippen LogP) is 4.49. The Kier molecular flexibility index (Phi) is 7.64. The van der Waals surface area contributed by atoms with Gasteiger partial charge in [0.2, 0.25) is 0 Å². The van der Waals surface area contributed by atoms with Gasteiger partial charge in [0.05, 0.1) is 0 Å². The van der Waals surface area contributed by atoms with Gasteiger partial charge in [-0.05, 0) is 48.9 Å². The normalized spacial score (nSPS) is 11.6. The summed E-state index contributed by atoms with van der Waals surface area (Å²) in [5.74, 6) is -0.348. The van der Waals surface area contributed by atoms with Gasteiger partial charge >= 0.3 is 5.97 Å². The molecule has 1 N–H and O–H groups in total. The highest BCUT2D eigenvalue weighted by Gasteiger charge is 2.16. The number of anilines is 1. The number of rotatable bonds is 8. The Bertz CT molecular complexity index is 830. The molecule has 2 rings (SSSR count). The lowest BCUT2D eigenvalue weighted by Gasteiger charge is -2.12. The molecule has 0 aliphatic carbocycles. The van der Waals surface area contributed by atoms with E-state index < -0.39 is 18.0 Å². The van der Waals surface area contributed by atoms with E-state index in [1.807, 2.05) is 0 Å². The van der Waals surface area contributed by atoms with Crippen LogP contribution in [0, 0.1) is 0 Å². The Morgan fingerprint density at radius 1 is 1.22 bits per heavy atom. The molecule has 1 amide bonds. The van der Waals surface area contributed by atoms with E-state index in [1.165, 1.54) is 13.0 Å². The van der Waals surface area contributed by atoms with Crippen LogP contribution in [0.4, 0.5) is 5.69 Å². The number of benzene rings is 2. The van der Waals surface area contributed by atoms with Crippen LogP contribution in [0.2, 0.25) is 5.02 Å². The number of carbonyl (C=O) groups is 2. The highest BCUT2D eigenvalue weighted by atomic mass is 35.5. The van der Waals surface area contributed by atoms with E-state index in [2.05, 4.69) is 11.9 Å². The minimum absolute atomic E-state index is 0.427. The van der Waals surface area contributed by atoms with E-state index in [0.29, 0.717) is 23.1 Å². The maximum Gasteiger partial charge on any atom is 0.331 e. The van der Waals surface area contributed by atoms with Crippen LogP contribution >= 0.6 is 11.6 Å². The zero-order chi connectivity index (χ0) is 19.6. The summed E-state index contributed by atoms with van der Waals surface area (Å²) in [6.45, 7) is 5.51. The van der Waals surface area contributed by atoms with Crippen LogP contribution in [0.3, 0.4) is 0 Å². The Balaban J connectivity index is 1.85. The molecule has 0 radical (unpaired) electrons. The first-order valence-electron chi connectivity index (χ1n) is 8.27. The Morgan fingerprint density at radius 2 is 1.96 bits per heavy atom. The van der Waals surface area contributed by atoms with Crippen LogP contribution in [0.5, 0.6) is 5.75 Å². The van der Waals surface area contributed by atoms with Crippen LogP contribution in [0.25, 0.3) is 6.08 Å². The van der Waals surface area contributed by atoms with Gasteiger partial charge in [-0.2, -0.15) is 0 Å². The zero-order valence-corrected chi connectivity index (χ0v) is 15.6. The fourth-order valence-corrected chi connectivity index (χ4v) is 2.26. The summed E-state index contributed by atoms with van der Waals surface area (Å²) in [7, 11) is 0. The van der Waals surface area contributed by atoms with Gasteiger partial charge < -0.3 is 14.8 Å². The lowest BCUT2D eigenvalue weighted by atomic mass is 10.2. The average Bonchev–Trinajstić information content (AvgIpc) is 2.65. The number of ether oxygens (including phenoxy) is 2. The molecule has 0 fully saturated rings. The van der Waals surface area contributed by atoms with Crippen LogP contribution in [0.1, 0.15) is 12.5 Å². The first kappa shape index (κ1) is 20.3. The van der Waals surface area contributed by atoms with Crippen molar-refractivity contribution in [3.8, 4) is 5.75 Å². The van der Waals surface area contributed by atoms with Gasteiger partial charge in [-0.15, -0.1) is 0 Å². The van der Waals surface area contributed by atoms with Crippen LogP contribution in [-0.4, -0.2) is 24.6 Å². The van der Waals surface area contributed by atoms with E-state index in [1.54, 1.807) is 60.7 Å². The minimum atomic E-state index is -0.948. The van der Waals surface area contributed by atoms with Crippen molar-refractivity contribution in [3.63, 3.8) is 0 Å². The Hall–Kier alpha value is -3.05. The van der Waals surface area contributed by atoms with Crippen LogP contribution in [-0.2, 0) is 14.3 Å². The number of hydrogen-bond donors (Lipinski definition) is 1. The van der Waals surface area contributed by atoms with Gasteiger partial charge in [0.25, 0.3) is 5.91 Å². The fourth-order valence-electron chi connectivity index (χ4n) is 2.07. The SMILES string of the molecule is C=CCOc1ccc(/C=C/C(=O)O[C@@H](C)C(=O)Nc2cccc(Cl)c2)cc1. The van der Waals surface area contributed by atoms with Gasteiger partial charge in [0, 0.05) is 16.8 Å². The van der Waals surface area contributed by atoms with E-state index >= 15 is 0 Å². The quantitative estimate of drug-likeness (QED) is 0.413. The summed E-state index contributed by atoms with van der Waals surface area (Å²) < 4.78 is 10.5. The van der Waals surface area contributed by atoms with Crippen LogP contribution < -0.4 is 10.1 Å². The molecular weight excluding hydrogens is 366 g/mol. The molecule has 0 saturated carbocycles. The van der Waals surface area contributed by atoms with Crippen molar-refractivity contribution in [2.24, 2.45) is 0 Å². The van der Waals surface area contributed by atoms with Crippen molar-refractivity contribution in [1.29, 1.82) is 0 Å². The first-order valence-corrected chi connectivity index (χ1v) is 8.64. The molecule has 0 saturated heterocycles. The zero-order valence-electron chi connectivity index (χ0n) is 14.9. The average molecular weight is 386 g/mol. The molecule has 0 bridgehead atoms. The third-order valence-corrected chi connectivity index (χ3v) is 3.65. The molecule has 6 heteroatoms. The molecule has 1 atom stereocenters. The summed E-state index contributed by atoms with van der Waals surface area (Å²) in [5.41, 5.74) is 1.33. The number of carbonyl (C=O) groups excluding carboxylic acids is 2. The maximum atomic E-state index is 12.1. The molecule has 140 valence electrons. The largest absolute Gasteiger partial charge is 0.490 e. The molecule has 2 aromatic carbocycles. The second-order valence-electron chi connectivity index (χ2n) is 5.58. The molecule has 0 aromatic heterocycles. The highest BCUT2D eigenvalue weighted by Crippen LogP contribution is 2.16. The summed E-state index contributed by atoms with van der Waals surface area (Å²) in [4.78, 5) is 24.0. The topological polar surface area (TPSA) is 64.6 Å². The highest BCUT2D eigenvalue weighted by molar-refractivity contribution is 6.30. The number of esters is 1.